The Morgan fingerprint density at radius 3 is 2.74 bits per heavy atom. The molecule has 1 amide bonds. The van der Waals surface area contributed by atoms with Gasteiger partial charge in [-0.05, 0) is 94.6 Å². The van der Waals surface area contributed by atoms with Crippen molar-refractivity contribution >= 4 is 16.7 Å². The molecule has 0 saturated carbocycles. The number of nitrogens with zero attached hydrogens (tertiary/aromatic N) is 5. The molecule has 2 aliphatic heterocycles. The molecule has 6 nitrogen and oxygen atoms in total. The van der Waals surface area contributed by atoms with Gasteiger partial charge in [0, 0.05) is 36.3 Å². The maximum Gasteiger partial charge on any atom is 0.272 e. The van der Waals surface area contributed by atoms with Crippen LogP contribution < -0.4 is 0 Å². The summed E-state index contributed by atoms with van der Waals surface area (Å²) in [5.41, 5.74) is 2.98. The lowest BCUT2D eigenvalue weighted by atomic mass is 9.77. The Bertz CT molecular complexity index is 1200. The van der Waals surface area contributed by atoms with Crippen LogP contribution in [0.15, 0.2) is 42.7 Å². The van der Waals surface area contributed by atoms with Crippen molar-refractivity contribution in [2.75, 3.05) is 33.2 Å². The van der Waals surface area contributed by atoms with E-state index in [1.54, 1.807) is 0 Å². The average Bonchev–Trinajstić information content (AvgIpc) is 3.11. The van der Waals surface area contributed by atoms with E-state index in [1.807, 2.05) is 30.3 Å². The molecule has 0 radical (unpaired) electrons. The van der Waals surface area contributed by atoms with Gasteiger partial charge < -0.3 is 9.80 Å². The molecule has 0 bridgehead atoms. The van der Waals surface area contributed by atoms with Gasteiger partial charge in [-0.15, -0.1) is 0 Å². The van der Waals surface area contributed by atoms with Crippen molar-refractivity contribution in [3.05, 3.63) is 65.5 Å². The minimum atomic E-state index is 0.00704. The van der Waals surface area contributed by atoms with Crippen LogP contribution >= 0.6 is 0 Å². The highest BCUT2D eigenvalue weighted by Crippen LogP contribution is 2.34. The van der Waals surface area contributed by atoms with Crippen LogP contribution in [0.2, 0.25) is 0 Å². The van der Waals surface area contributed by atoms with Crippen LogP contribution in [-0.4, -0.2) is 63.9 Å². The molecule has 2 aromatic heterocycles. The number of benzene rings is 1. The third kappa shape index (κ3) is 5.22. The lowest BCUT2D eigenvalue weighted by molar-refractivity contribution is 0.0753. The standard InChI is InChI=1S/C29H37N5O/c1-21-31-26(19-27(32-21)29(2)11-16-33(3)17-12-29)28(35)34-14-5-6-22(10-15-34)18-23-7-4-8-24-20-30-13-9-25(23)24/h4,7-9,13,19-20,22H,5-6,10-12,14-18H2,1-3H3. The first kappa shape index (κ1) is 23.9. The second-order valence-corrected chi connectivity index (χ2v) is 10.9. The fraction of sp³-hybridized carbons (Fsp3) is 0.517. The monoisotopic (exact) mass is 471 g/mol. The normalized spacial score (nSPS) is 21.1. The first-order valence-electron chi connectivity index (χ1n) is 13.1. The molecule has 0 spiro atoms. The van der Waals surface area contributed by atoms with Crippen molar-refractivity contribution in [3.8, 4) is 0 Å². The molecule has 2 fully saturated rings. The fourth-order valence-corrected chi connectivity index (χ4v) is 5.77. The summed E-state index contributed by atoms with van der Waals surface area (Å²) in [6.45, 7) is 7.91. The lowest BCUT2D eigenvalue weighted by Crippen LogP contribution is -2.40. The lowest BCUT2D eigenvalue weighted by Gasteiger charge is -2.37. The molecule has 1 atom stereocenters. The van der Waals surface area contributed by atoms with Crippen molar-refractivity contribution in [3.63, 3.8) is 0 Å². The summed E-state index contributed by atoms with van der Waals surface area (Å²) in [7, 11) is 2.17. The molecule has 1 aromatic carbocycles. The van der Waals surface area contributed by atoms with Crippen LogP contribution in [0, 0.1) is 12.8 Å². The number of piperidine rings is 1. The molecule has 3 aromatic rings. The molecular weight excluding hydrogens is 434 g/mol. The minimum Gasteiger partial charge on any atom is -0.337 e. The van der Waals surface area contributed by atoms with E-state index in [4.69, 9.17) is 4.98 Å². The Morgan fingerprint density at radius 1 is 1.09 bits per heavy atom. The Morgan fingerprint density at radius 2 is 1.91 bits per heavy atom. The zero-order valence-corrected chi connectivity index (χ0v) is 21.3. The van der Waals surface area contributed by atoms with Crippen LogP contribution in [0.5, 0.6) is 0 Å². The SMILES string of the molecule is Cc1nc(C(=O)N2CCCC(Cc3cccc4cnccc34)CC2)cc(C2(C)CCN(C)CC2)n1. The quantitative estimate of drug-likeness (QED) is 0.547. The highest BCUT2D eigenvalue weighted by Gasteiger charge is 2.33. The molecule has 184 valence electrons. The van der Waals surface area contributed by atoms with E-state index in [-0.39, 0.29) is 11.3 Å². The smallest absolute Gasteiger partial charge is 0.272 e. The highest BCUT2D eigenvalue weighted by molar-refractivity contribution is 5.92. The highest BCUT2D eigenvalue weighted by atomic mass is 16.2. The summed E-state index contributed by atoms with van der Waals surface area (Å²) in [5.74, 6) is 1.33. The molecule has 6 heteroatoms. The third-order valence-corrected chi connectivity index (χ3v) is 8.18. The average molecular weight is 472 g/mol. The third-order valence-electron chi connectivity index (χ3n) is 8.18. The Balaban J connectivity index is 1.28. The van der Waals surface area contributed by atoms with Crippen LogP contribution in [-0.2, 0) is 11.8 Å². The van der Waals surface area contributed by atoms with Crippen LogP contribution in [0.4, 0.5) is 0 Å². The van der Waals surface area contributed by atoms with Crippen molar-refractivity contribution in [1.82, 2.24) is 24.8 Å². The van der Waals surface area contributed by atoms with Crippen LogP contribution in [0.1, 0.15) is 66.6 Å². The number of aromatic nitrogens is 3. The number of fused-ring (bicyclic) bond motifs is 1. The van der Waals surface area contributed by atoms with Gasteiger partial charge in [-0.1, -0.05) is 25.1 Å². The van der Waals surface area contributed by atoms with E-state index in [0.717, 1.165) is 70.4 Å². The number of hydrogen-bond donors (Lipinski definition) is 0. The number of carbonyl (C=O) groups is 1. The fourth-order valence-electron chi connectivity index (χ4n) is 5.77. The van der Waals surface area contributed by atoms with E-state index in [0.29, 0.717) is 17.4 Å². The predicted molar refractivity (Wildman–Crippen MR) is 140 cm³/mol. The number of amides is 1. The van der Waals surface area contributed by atoms with Gasteiger partial charge in [0.25, 0.3) is 5.91 Å². The van der Waals surface area contributed by atoms with E-state index in [1.165, 1.54) is 16.3 Å². The number of aryl methyl sites for hydroxylation is 1. The molecule has 0 N–H and O–H groups in total. The van der Waals surface area contributed by atoms with Gasteiger partial charge in [-0.3, -0.25) is 9.78 Å². The summed E-state index contributed by atoms with van der Waals surface area (Å²) in [6.07, 6.45) is 10.2. The van der Waals surface area contributed by atoms with Crippen molar-refractivity contribution in [2.45, 2.75) is 57.8 Å². The number of likely N-dealkylation sites (tertiary alicyclic amines) is 2. The Labute approximate surface area is 208 Å². The van der Waals surface area contributed by atoms with Gasteiger partial charge in [-0.2, -0.15) is 0 Å². The number of carbonyl (C=O) groups excluding carboxylic acids is 1. The molecule has 35 heavy (non-hydrogen) atoms. The summed E-state index contributed by atoms with van der Waals surface area (Å²) in [6, 6.07) is 10.6. The van der Waals surface area contributed by atoms with Crippen molar-refractivity contribution < 1.29 is 4.79 Å². The van der Waals surface area contributed by atoms with Crippen LogP contribution in [0.3, 0.4) is 0 Å². The topological polar surface area (TPSA) is 62.2 Å². The number of hydrogen-bond acceptors (Lipinski definition) is 5. The molecular formula is C29H37N5O. The van der Waals surface area contributed by atoms with Gasteiger partial charge in [0.15, 0.2) is 0 Å². The molecule has 2 aliphatic rings. The van der Waals surface area contributed by atoms with Gasteiger partial charge in [-0.25, -0.2) is 9.97 Å². The van der Waals surface area contributed by atoms with Crippen LogP contribution in [0.25, 0.3) is 10.8 Å². The van der Waals surface area contributed by atoms with Crippen molar-refractivity contribution in [1.29, 1.82) is 0 Å². The Hall–Kier alpha value is -2.86. The first-order chi connectivity index (χ1) is 16.9. The van der Waals surface area contributed by atoms with Crippen molar-refractivity contribution in [2.24, 2.45) is 5.92 Å². The predicted octanol–water partition coefficient (Wildman–Crippen LogP) is 4.80. The molecule has 4 heterocycles. The second-order valence-electron chi connectivity index (χ2n) is 10.9. The largest absolute Gasteiger partial charge is 0.337 e. The maximum absolute atomic E-state index is 13.6. The molecule has 5 rings (SSSR count). The zero-order valence-electron chi connectivity index (χ0n) is 21.3. The van der Waals surface area contributed by atoms with E-state index >= 15 is 0 Å². The molecule has 2 saturated heterocycles. The van der Waals surface area contributed by atoms with Gasteiger partial charge >= 0.3 is 0 Å². The minimum absolute atomic E-state index is 0.00704. The Kier molecular flexibility index (Phi) is 6.83. The summed E-state index contributed by atoms with van der Waals surface area (Å²) in [5, 5.41) is 2.50. The van der Waals surface area contributed by atoms with E-state index in [9.17, 15) is 4.79 Å². The summed E-state index contributed by atoms with van der Waals surface area (Å²) in [4.78, 5) is 31.6. The molecule has 1 unspecified atom stereocenters. The number of pyridine rings is 1. The second kappa shape index (κ2) is 10.0. The van der Waals surface area contributed by atoms with E-state index < -0.39 is 0 Å². The molecule has 0 aliphatic carbocycles. The van der Waals surface area contributed by atoms with E-state index in [2.05, 4.69) is 53.1 Å². The van der Waals surface area contributed by atoms with Gasteiger partial charge in [0.2, 0.25) is 0 Å². The first-order valence-corrected chi connectivity index (χ1v) is 13.1. The maximum atomic E-state index is 13.6. The summed E-state index contributed by atoms with van der Waals surface area (Å²) >= 11 is 0. The summed E-state index contributed by atoms with van der Waals surface area (Å²) < 4.78 is 0. The van der Waals surface area contributed by atoms with Gasteiger partial charge in [0.05, 0.1) is 5.69 Å². The zero-order chi connectivity index (χ0) is 24.4. The van der Waals surface area contributed by atoms with Gasteiger partial charge in [0.1, 0.15) is 11.5 Å². The number of rotatable bonds is 4.